The lowest BCUT2D eigenvalue weighted by molar-refractivity contribution is 0.305. The molecule has 1 aliphatic rings. The maximum Gasteiger partial charge on any atom is 0.119 e. The Kier molecular flexibility index (Phi) is 4.37. The molecule has 0 spiro atoms. The van der Waals surface area contributed by atoms with Crippen LogP contribution in [0.15, 0.2) is 54.6 Å². The van der Waals surface area contributed by atoms with Gasteiger partial charge >= 0.3 is 0 Å². The topological polar surface area (TPSA) is 21.3 Å². The second-order valence-electron chi connectivity index (χ2n) is 5.42. The minimum atomic E-state index is 0.624. The molecule has 2 nitrogen and oxygen atoms in total. The summed E-state index contributed by atoms with van der Waals surface area (Å²) in [6, 6.07) is 16.8. The molecule has 1 N–H and O–H groups in total. The van der Waals surface area contributed by atoms with Crippen molar-refractivity contribution < 1.29 is 4.74 Å². The molecular formula is C19H21NO. The van der Waals surface area contributed by atoms with Gasteiger partial charge < -0.3 is 10.1 Å². The van der Waals surface area contributed by atoms with Gasteiger partial charge in [0.25, 0.3) is 0 Å². The molecule has 0 saturated heterocycles. The van der Waals surface area contributed by atoms with E-state index in [1.807, 2.05) is 0 Å². The second-order valence-corrected chi connectivity index (χ2v) is 5.42. The molecule has 2 aromatic rings. The summed E-state index contributed by atoms with van der Waals surface area (Å²) < 4.78 is 5.88. The summed E-state index contributed by atoms with van der Waals surface area (Å²) >= 11 is 0. The number of benzene rings is 2. The Labute approximate surface area is 126 Å². The fourth-order valence-corrected chi connectivity index (χ4v) is 2.58. The molecule has 21 heavy (non-hydrogen) atoms. The first-order chi connectivity index (χ1) is 10.3. The number of hydrogen-bond donors (Lipinski definition) is 1. The van der Waals surface area contributed by atoms with Crippen LogP contribution in [0.25, 0.3) is 5.57 Å². The largest absolute Gasteiger partial charge is 0.489 e. The highest BCUT2D eigenvalue weighted by atomic mass is 16.5. The van der Waals surface area contributed by atoms with E-state index in [4.69, 9.17) is 4.74 Å². The Balaban J connectivity index is 1.65. The van der Waals surface area contributed by atoms with Gasteiger partial charge in [0.1, 0.15) is 12.4 Å². The van der Waals surface area contributed by atoms with E-state index in [1.165, 1.54) is 22.3 Å². The van der Waals surface area contributed by atoms with Gasteiger partial charge in [-0.2, -0.15) is 0 Å². The summed E-state index contributed by atoms with van der Waals surface area (Å²) in [5, 5.41) is 3.34. The normalized spacial score (nSPS) is 14.6. The first kappa shape index (κ1) is 13.9. The molecule has 0 aromatic heterocycles. The monoisotopic (exact) mass is 279 g/mol. The zero-order valence-electron chi connectivity index (χ0n) is 12.4. The first-order valence-electron chi connectivity index (χ1n) is 7.50. The lowest BCUT2D eigenvalue weighted by atomic mass is 10.0. The lowest BCUT2D eigenvalue weighted by Crippen LogP contribution is -2.19. The highest BCUT2D eigenvalue weighted by molar-refractivity contribution is 5.67. The summed E-state index contributed by atoms with van der Waals surface area (Å²) in [6.07, 6.45) is 3.37. The summed E-state index contributed by atoms with van der Waals surface area (Å²) in [4.78, 5) is 0. The first-order valence-corrected chi connectivity index (χ1v) is 7.50. The Morgan fingerprint density at radius 2 is 1.86 bits per heavy atom. The molecule has 0 aliphatic carbocycles. The van der Waals surface area contributed by atoms with Crippen LogP contribution < -0.4 is 10.1 Å². The van der Waals surface area contributed by atoms with Gasteiger partial charge in [0.15, 0.2) is 0 Å². The van der Waals surface area contributed by atoms with Crippen molar-refractivity contribution in [2.45, 2.75) is 20.0 Å². The van der Waals surface area contributed by atoms with E-state index in [1.54, 1.807) is 0 Å². The number of aryl methyl sites for hydroxylation is 1. The van der Waals surface area contributed by atoms with Crippen molar-refractivity contribution in [2.24, 2.45) is 0 Å². The van der Waals surface area contributed by atoms with Crippen LogP contribution in [0.4, 0.5) is 0 Å². The average molecular weight is 279 g/mol. The molecule has 0 bridgehead atoms. The molecule has 1 heterocycles. The average Bonchev–Trinajstić information content (AvgIpc) is 2.55. The van der Waals surface area contributed by atoms with E-state index in [0.717, 1.165) is 25.3 Å². The highest BCUT2D eigenvalue weighted by Crippen LogP contribution is 2.23. The molecule has 2 aromatic carbocycles. The minimum absolute atomic E-state index is 0.624. The Morgan fingerprint density at radius 1 is 1.05 bits per heavy atom. The lowest BCUT2D eigenvalue weighted by Gasteiger charge is -2.15. The molecule has 108 valence electrons. The molecule has 0 atom stereocenters. The van der Waals surface area contributed by atoms with Crippen LogP contribution in [0.1, 0.15) is 23.1 Å². The van der Waals surface area contributed by atoms with Crippen LogP contribution in [0, 0.1) is 6.92 Å². The Hall–Kier alpha value is -2.06. The Morgan fingerprint density at radius 3 is 2.57 bits per heavy atom. The summed E-state index contributed by atoms with van der Waals surface area (Å²) in [7, 11) is 0. The number of hydrogen-bond acceptors (Lipinski definition) is 2. The molecular weight excluding hydrogens is 258 g/mol. The van der Waals surface area contributed by atoms with Crippen molar-refractivity contribution in [3.8, 4) is 5.75 Å². The van der Waals surface area contributed by atoms with Crippen molar-refractivity contribution in [3.63, 3.8) is 0 Å². The number of rotatable bonds is 4. The van der Waals surface area contributed by atoms with Crippen molar-refractivity contribution in [2.75, 3.05) is 13.1 Å². The van der Waals surface area contributed by atoms with Gasteiger partial charge in [-0.3, -0.25) is 0 Å². The quantitative estimate of drug-likeness (QED) is 0.915. The van der Waals surface area contributed by atoms with Crippen LogP contribution in [0.5, 0.6) is 5.75 Å². The van der Waals surface area contributed by atoms with Crippen LogP contribution in [-0.4, -0.2) is 13.1 Å². The van der Waals surface area contributed by atoms with Crippen molar-refractivity contribution in [1.82, 2.24) is 5.32 Å². The van der Waals surface area contributed by atoms with E-state index in [9.17, 15) is 0 Å². The zero-order valence-corrected chi connectivity index (χ0v) is 12.4. The van der Waals surface area contributed by atoms with E-state index in [0.29, 0.717) is 6.61 Å². The van der Waals surface area contributed by atoms with E-state index < -0.39 is 0 Å². The number of nitrogens with one attached hydrogen (secondary N) is 1. The summed E-state index contributed by atoms with van der Waals surface area (Å²) in [6.45, 7) is 4.78. The fraction of sp³-hybridized carbons (Fsp3) is 0.263. The summed E-state index contributed by atoms with van der Waals surface area (Å²) in [5.41, 5.74) is 5.25. The standard InChI is InChI=1S/C19H21NO/c1-15-4-2-3-5-18(15)14-21-19-8-6-16(7-9-19)17-10-12-20-13-11-17/h2-10,20H,11-14H2,1H3. The van der Waals surface area contributed by atoms with E-state index in [2.05, 4.69) is 66.8 Å². The molecule has 3 rings (SSSR count). The molecule has 0 saturated carbocycles. The van der Waals surface area contributed by atoms with Crippen molar-refractivity contribution in [3.05, 3.63) is 71.3 Å². The van der Waals surface area contributed by atoms with E-state index >= 15 is 0 Å². The van der Waals surface area contributed by atoms with Gasteiger partial charge in [-0.05, 0) is 54.3 Å². The smallest absolute Gasteiger partial charge is 0.119 e. The SMILES string of the molecule is Cc1ccccc1COc1ccc(C2=CCNCC2)cc1. The molecule has 1 aliphatic heterocycles. The third-order valence-electron chi connectivity index (χ3n) is 3.94. The van der Waals surface area contributed by atoms with Crippen molar-refractivity contribution >= 4 is 5.57 Å². The van der Waals surface area contributed by atoms with Crippen molar-refractivity contribution in [1.29, 1.82) is 0 Å². The molecule has 0 fully saturated rings. The van der Waals surface area contributed by atoms with Gasteiger partial charge in [0, 0.05) is 6.54 Å². The number of ether oxygens (including phenoxy) is 1. The predicted octanol–water partition coefficient (Wildman–Crippen LogP) is 3.95. The van der Waals surface area contributed by atoms with Crippen LogP contribution in [0.3, 0.4) is 0 Å². The zero-order chi connectivity index (χ0) is 14.5. The van der Waals surface area contributed by atoms with Gasteiger partial charge in [-0.15, -0.1) is 0 Å². The fourth-order valence-electron chi connectivity index (χ4n) is 2.58. The highest BCUT2D eigenvalue weighted by Gasteiger charge is 2.06. The van der Waals surface area contributed by atoms with Gasteiger partial charge in [0.05, 0.1) is 0 Å². The molecule has 0 radical (unpaired) electrons. The van der Waals surface area contributed by atoms with E-state index in [-0.39, 0.29) is 0 Å². The minimum Gasteiger partial charge on any atom is -0.489 e. The third-order valence-corrected chi connectivity index (χ3v) is 3.94. The van der Waals surface area contributed by atoms with Crippen LogP contribution in [0.2, 0.25) is 0 Å². The third kappa shape index (κ3) is 3.53. The molecule has 0 amide bonds. The molecule has 2 heteroatoms. The molecule has 0 unspecified atom stereocenters. The summed E-state index contributed by atoms with van der Waals surface area (Å²) in [5.74, 6) is 0.927. The maximum absolute atomic E-state index is 5.88. The second kappa shape index (κ2) is 6.59. The van der Waals surface area contributed by atoms with Gasteiger partial charge in [-0.1, -0.05) is 42.5 Å². The van der Waals surface area contributed by atoms with Crippen LogP contribution in [-0.2, 0) is 6.61 Å². The van der Waals surface area contributed by atoms with Gasteiger partial charge in [-0.25, -0.2) is 0 Å². The maximum atomic E-state index is 5.88. The van der Waals surface area contributed by atoms with Crippen LogP contribution >= 0.6 is 0 Å². The predicted molar refractivity (Wildman–Crippen MR) is 87.4 cm³/mol. The van der Waals surface area contributed by atoms with Gasteiger partial charge in [0.2, 0.25) is 0 Å². The Bertz CT molecular complexity index is 628.